The summed E-state index contributed by atoms with van der Waals surface area (Å²) in [4.78, 5) is 0. The smallest absolute Gasteiger partial charge is 0.187 e. The van der Waals surface area contributed by atoms with Crippen molar-refractivity contribution in [1.29, 1.82) is 0 Å². The first-order valence-corrected chi connectivity index (χ1v) is 6.13. The molecular weight excluding hydrogens is 286 g/mol. The van der Waals surface area contributed by atoms with Gasteiger partial charge in [-0.1, -0.05) is 28.1 Å². The van der Waals surface area contributed by atoms with Crippen LogP contribution in [0.3, 0.4) is 0 Å². The number of hydrogen-bond donors (Lipinski definition) is 2. The van der Waals surface area contributed by atoms with E-state index in [0.717, 1.165) is 10.0 Å². The normalized spacial score (nSPS) is 10.8. The fourth-order valence-corrected chi connectivity index (χ4v) is 1.75. The first-order chi connectivity index (χ1) is 7.58. The van der Waals surface area contributed by atoms with Crippen molar-refractivity contribution in [2.45, 2.75) is 19.9 Å². The third kappa shape index (κ3) is 5.23. The van der Waals surface area contributed by atoms with Gasteiger partial charge in [0, 0.05) is 10.5 Å². The van der Waals surface area contributed by atoms with Crippen molar-refractivity contribution in [3.8, 4) is 0 Å². The molecule has 1 aromatic carbocycles. The molecule has 1 aromatic rings. The number of rotatable bonds is 3. The van der Waals surface area contributed by atoms with Crippen molar-refractivity contribution < 1.29 is 0 Å². The van der Waals surface area contributed by atoms with Gasteiger partial charge in [0.1, 0.15) is 0 Å². The Morgan fingerprint density at radius 2 is 2.25 bits per heavy atom. The average Bonchev–Trinajstić information content (AvgIpc) is 2.16. The van der Waals surface area contributed by atoms with E-state index in [0.29, 0.717) is 11.2 Å². The van der Waals surface area contributed by atoms with Crippen LogP contribution in [0.2, 0.25) is 0 Å². The van der Waals surface area contributed by atoms with Crippen molar-refractivity contribution in [3.05, 3.63) is 34.3 Å². The number of hydrazone groups is 1. The summed E-state index contributed by atoms with van der Waals surface area (Å²) in [6.07, 6.45) is 1.72. The standard InChI is InChI=1S/C11H14BrN3S/c1-8(2)14-11(16)15-13-7-9-4-3-5-10(12)6-9/h3-8H,1-2H3,(H2,14,15,16)/b13-7-. The Hall–Kier alpha value is -0.940. The van der Waals surface area contributed by atoms with Gasteiger partial charge in [-0.15, -0.1) is 0 Å². The molecule has 0 aliphatic rings. The quantitative estimate of drug-likeness (QED) is 0.512. The molecule has 0 aromatic heterocycles. The Kier molecular flexibility index (Phi) is 5.42. The lowest BCUT2D eigenvalue weighted by molar-refractivity contribution is 0.720. The maximum Gasteiger partial charge on any atom is 0.187 e. The van der Waals surface area contributed by atoms with Crippen molar-refractivity contribution in [2.24, 2.45) is 5.10 Å². The Morgan fingerprint density at radius 3 is 2.88 bits per heavy atom. The number of hydrogen-bond acceptors (Lipinski definition) is 2. The molecule has 0 heterocycles. The Labute approximate surface area is 109 Å². The Balaban J connectivity index is 2.46. The summed E-state index contributed by atoms with van der Waals surface area (Å²) in [6.45, 7) is 4.04. The summed E-state index contributed by atoms with van der Waals surface area (Å²) >= 11 is 8.42. The van der Waals surface area contributed by atoms with Gasteiger partial charge in [-0.3, -0.25) is 5.43 Å². The summed E-state index contributed by atoms with van der Waals surface area (Å²) in [6, 6.07) is 8.17. The lowest BCUT2D eigenvalue weighted by Crippen LogP contribution is -2.36. The zero-order valence-electron chi connectivity index (χ0n) is 9.20. The first-order valence-electron chi connectivity index (χ1n) is 4.93. The molecule has 0 radical (unpaired) electrons. The second-order valence-corrected chi connectivity index (χ2v) is 4.88. The zero-order valence-corrected chi connectivity index (χ0v) is 11.6. The van der Waals surface area contributed by atoms with Crippen LogP contribution in [0.25, 0.3) is 0 Å². The molecule has 0 aliphatic carbocycles. The van der Waals surface area contributed by atoms with E-state index in [4.69, 9.17) is 12.2 Å². The van der Waals surface area contributed by atoms with E-state index in [2.05, 4.69) is 31.8 Å². The third-order valence-corrected chi connectivity index (χ3v) is 2.35. The van der Waals surface area contributed by atoms with Gasteiger partial charge in [0.15, 0.2) is 5.11 Å². The largest absolute Gasteiger partial charge is 0.359 e. The van der Waals surface area contributed by atoms with E-state index >= 15 is 0 Å². The molecule has 86 valence electrons. The summed E-state index contributed by atoms with van der Waals surface area (Å²) < 4.78 is 1.03. The topological polar surface area (TPSA) is 36.4 Å². The van der Waals surface area contributed by atoms with Gasteiger partial charge >= 0.3 is 0 Å². The van der Waals surface area contributed by atoms with Crippen LogP contribution in [-0.4, -0.2) is 17.4 Å². The van der Waals surface area contributed by atoms with Gasteiger partial charge in [0.05, 0.1) is 6.21 Å². The molecule has 0 saturated carbocycles. The molecule has 0 saturated heterocycles. The van der Waals surface area contributed by atoms with Crippen LogP contribution in [0, 0.1) is 0 Å². The average molecular weight is 300 g/mol. The highest BCUT2D eigenvalue weighted by Crippen LogP contribution is 2.09. The van der Waals surface area contributed by atoms with Crippen molar-refractivity contribution in [1.82, 2.24) is 10.7 Å². The number of benzene rings is 1. The lowest BCUT2D eigenvalue weighted by atomic mass is 10.2. The van der Waals surface area contributed by atoms with E-state index in [9.17, 15) is 0 Å². The van der Waals surface area contributed by atoms with Crippen LogP contribution in [0.5, 0.6) is 0 Å². The van der Waals surface area contributed by atoms with Gasteiger partial charge in [0.25, 0.3) is 0 Å². The number of nitrogens with one attached hydrogen (secondary N) is 2. The third-order valence-electron chi connectivity index (χ3n) is 1.65. The number of thiocarbonyl (C=S) groups is 1. The highest BCUT2D eigenvalue weighted by molar-refractivity contribution is 9.10. The predicted octanol–water partition coefficient (Wildman–Crippen LogP) is 2.66. The maximum absolute atomic E-state index is 5.03. The molecule has 1 rings (SSSR count). The summed E-state index contributed by atoms with van der Waals surface area (Å²) in [5.41, 5.74) is 3.76. The van der Waals surface area contributed by atoms with Crippen LogP contribution in [0.4, 0.5) is 0 Å². The number of halogens is 1. The highest BCUT2D eigenvalue weighted by Gasteiger charge is 1.95. The summed E-state index contributed by atoms with van der Waals surface area (Å²) in [7, 11) is 0. The van der Waals surface area contributed by atoms with E-state index < -0.39 is 0 Å². The molecule has 0 unspecified atom stereocenters. The Bertz CT molecular complexity index is 391. The van der Waals surface area contributed by atoms with Crippen molar-refractivity contribution in [2.75, 3.05) is 0 Å². The second-order valence-electron chi connectivity index (χ2n) is 3.55. The molecule has 16 heavy (non-hydrogen) atoms. The first kappa shape index (κ1) is 13.1. The fraction of sp³-hybridized carbons (Fsp3) is 0.273. The molecule has 3 nitrogen and oxygen atoms in total. The lowest BCUT2D eigenvalue weighted by Gasteiger charge is -2.09. The van der Waals surface area contributed by atoms with Gasteiger partial charge in [-0.2, -0.15) is 5.10 Å². The van der Waals surface area contributed by atoms with Gasteiger partial charge in [0.2, 0.25) is 0 Å². The fourth-order valence-electron chi connectivity index (χ4n) is 1.05. The van der Waals surface area contributed by atoms with Crippen LogP contribution in [-0.2, 0) is 0 Å². The molecular formula is C11H14BrN3S. The van der Waals surface area contributed by atoms with E-state index in [1.807, 2.05) is 38.1 Å². The van der Waals surface area contributed by atoms with E-state index in [1.165, 1.54) is 0 Å². The van der Waals surface area contributed by atoms with Gasteiger partial charge < -0.3 is 5.32 Å². The second kappa shape index (κ2) is 6.60. The number of nitrogens with zero attached hydrogens (tertiary/aromatic N) is 1. The minimum atomic E-state index is 0.307. The minimum Gasteiger partial charge on any atom is -0.359 e. The SMILES string of the molecule is CC(C)NC(=S)N/N=C\c1cccc(Br)c1. The predicted molar refractivity (Wildman–Crippen MR) is 75.7 cm³/mol. The van der Waals surface area contributed by atoms with Crippen LogP contribution < -0.4 is 10.7 Å². The minimum absolute atomic E-state index is 0.307. The van der Waals surface area contributed by atoms with E-state index in [-0.39, 0.29) is 0 Å². The van der Waals surface area contributed by atoms with Gasteiger partial charge in [-0.05, 0) is 43.8 Å². The van der Waals surface area contributed by atoms with Crippen LogP contribution in [0.1, 0.15) is 19.4 Å². The summed E-state index contributed by atoms with van der Waals surface area (Å²) in [5, 5.41) is 7.60. The van der Waals surface area contributed by atoms with Crippen LogP contribution in [0.15, 0.2) is 33.8 Å². The monoisotopic (exact) mass is 299 g/mol. The van der Waals surface area contributed by atoms with Crippen LogP contribution >= 0.6 is 28.1 Å². The molecule has 2 N–H and O–H groups in total. The molecule has 0 spiro atoms. The highest BCUT2D eigenvalue weighted by atomic mass is 79.9. The van der Waals surface area contributed by atoms with Crippen molar-refractivity contribution >= 4 is 39.5 Å². The molecule has 0 aliphatic heterocycles. The van der Waals surface area contributed by atoms with E-state index in [1.54, 1.807) is 6.21 Å². The Morgan fingerprint density at radius 1 is 1.50 bits per heavy atom. The maximum atomic E-state index is 5.03. The van der Waals surface area contributed by atoms with Gasteiger partial charge in [-0.25, -0.2) is 0 Å². The molecule has 0 atom stereocenters. The van der Waals surface area contributed by atoms with Crippen molar-refractivity contribution in [3.63, 3.8) is 0 Å². The molecule has 0 bridgehead atoms. The molecule has 5 heteroatoms. The zero-order chi connectivity index (χ0) is 12.0. The molecule has 0 amide bonds. The molecule has 0 fully saturated rings. The summed E-state index contributed by atoms with van der Waals surface area (Å²) in [5.74, 6) is 0.